The summed E-state index contributed by atoms with van der Waals surface area (Å²) in [6.07, 6.45) is 17.2. The molecule has 1 heterocycles. The van der Waals surface area contributed by atoms with Gasteiger partial charge in [0, 0.05) is 25.9 Å². The van der Waals surface area contributed by atoms with E-state index in [1.165, 1.54) is 51.4 Å². The molecule has 0 spiro atoms. The Labute approximate surface area is 238 Å². The number of esters is 2. The van der Waals surface area contributed by atoms with Crippen LogP contribution >= 0.6 is 0 Å². The zero-order valence-electron chi connectivity index (χ0n) is 25.5. The van der Waals surface area contributed by atoms with Crippen LogP contribution in [0.1, 0.15) is 129 Å². The van der Waals surface area contributed by atoms with Gasteiger partial charge in [-0.3, -0.25) is 19.3 Å². The third-order valence-corrected chi connectivity index (χ3v) is 7.60. The lowest BCUT2D eigenvalue weighted by atomic mass is 10.0. The number of hydrogen-bond acceptors (Lipinski definition) is 7. The molecule has 0 radical (unpaired) electrons. The third kappa shape index (κ3) is 17.6. The smallest absolute Gasteiger partial charge is 0.321 e. The van der Waals surface area contributed by atoms with E-state index in [0.29, 0.717) is 38.9 Å². The van der Waals surface area contributed by atoms with Crippen LogP contribution in [0.5, 0.6) is 0 Å². The van der Waals surface area contributed by atoms with Crippen LogP contribution in [0.25, 0.3) is 0 Å². The molecule has 8 nitrogen and oxygen atoms in total. The molecule has 1 aliphatic heterocycles. The highest BCUT2D eigenvalue weighted by atomic mass is 16.5. The summed E-state index contributed by atoms with van der Waals surface area (Å²) >= 11 is 0. The average Bonchev–Trinajstić information content (AvgIpc) is 3.29. The van der Waals surface area contributed by atoms with Crippen molar-refractivity contribution in [1.82, 2.24) is 9.80 Å². The van der Waals surface area contributed by atoms with E-state index < -0.39 is 12.0 Å². The van der Waals surface area contributed by atoms with Crippen LogP contribution in [0.4, 0.5) is 0 Å². The van der Waals surface area contributed by atoms with Crippen LogP contribution in [0, 0.1) is 0 Å². The number of carbonyl (C=O) groups excluding carboxylic acids is 2. The minimum Gasteiger partial charge on any atom is -0.480 e. The van der Waals surface area contributed by atoms with E-state index in [9.17, 15) is 19.5 Å². The third-order valence-electron chi connectivity index (χ3n) is 7.60. The summed E-state index contributed by atoms with van der Waals surface area (Å²) < 4.78 is 11.4. The molecule has 1 aliphatic rings. The summed E-state index contributed by atoms with van der Waals surface area (Å²) in [5, 5.41) is 9.63. The Morgan fingerprint density at radius 3 is 2.03 bits per heavy atom. The first-order valence-corrected chi connectivity index (χ1v) is 15.8. The van der Waals surface area contributed by atoms with Crippen molar-refractivity contribution in [2.24, 2.45) is 0 Å². The van der Waals surface area contributed by atoms with E-state index in [4.69, 9.17) is 9.47 Å². The topological polar surface area (TPSA) is 96.4 Å². The number of hydrogen-bond donors (Lipinski definition) is 1. The molecule has 39 heavy (non-hydrogen) atoms. The molecule has 1 fully saturated rings. The lowest BCUT2D eigenvalue weighted by Crippen LogP contribution is -2.36. The number of aliphatic carboxylic acids is 1. The Bertz CT molecular complexity index is 671. The molecule has 3 atom stereocenters. The number of carboxylic acids is 1. The van der Waals surface area contributed by atoms with E-state index in [0.717, 1.165) is 44.9 Å². The lowest BCUT2D eigenvalue weighted by molar-refractivity contribution is -0.150. The van der Waals surface area contributed by atoms with Gasteiger partial charge in [-0.15, -0.1) is 0 Å². The SMILES string of the molecule is CCCCCCCCC(CCCCCC)OC(=O)CCCCCN1CC(OC(=O)CCN(C)C)C[C@H]1C(=O)O. The number of rotatable bonds is 24. The zero-order chi connectivity index (χ0) is 28.9. The van der Waals surface area contributed by atoms with E-state index in [-0.39, 0.29) is 24.1 Å². The number of carboxylic acid groups (broad SMARTS) is 1. The summed E-state index contributed by atoms with van der Waals surface area (Å²) in [6, 6.07) is -0.628. The predicted molar refractivity (Wildman–Crippen MR) is 156 cm³/mol. The Hall–Kier alpha value is -1.67. The van der Waals surface area contributed by atoms with Crippen molar-refractivity contribution in [2.75, 3.05) is 33.7 Å². The normalized spacial score (nSPS) is 18.4. The highest BCUT2D eigenvalue weighted by molar-refractivity contribution is 5.74. The molecule has 1 rings (SSSR count). The second-order valence-electron chi connectivity index (χ2n) is 11.6. The van der Waals surface area contributed by atoms with Gasteiger partial charge in [-0.1, -0.05) is 71.6 Å². The van der Waals surface area contributed by atoms with E-state index in [1.807, 2.05) is 23.9 Å². The standard InChI is InChI=1S/C31H58N2O6/c1-5-7-9-11-12-15-19-26(18-14-10-8-6-2)38-29(34)20-16-13-17-22-33-25-27(24-28(33)31(36)37)39-30(35)21-23-32(3)4/h26-28H,5-25H2,1-4H3,(H,36,37)/t26?,27?,28-/m0/s1. The summed E-state index contributed by atoms with van der Waals surface area (Å²) in [5.74, 6) is -1.25. The summed E-state index contributed by atoms with van der Waals surface area (Å²) in [4.78, 5) is 40.2. The van der Waals surface area contributed by atoms with Crippen molar-refractivity contribution in [2.45, 2.75) is 148 Å². The van der Waals surface area contributed by atoms with Gasteiger partial charge < -0.3 is 19.5 Å². The molecule has 228 valence electrons. The largest absolute Gasteiger partial charge is 0.480 e. The van der Waals surface area contributed by atoms with Crippen molar-refractivity contribution in [3.05, 3.63) is 0 Å². The Balaban J connectivity index is 2.34. The molecule has 0 aliphatic carbocycles. The second-order valence-corrected chi connectivity index (χ2v) is 11.6. The molecule has 0 aromatic rings. The number of ether oxygens (including phenoxy) is 2. The molecule has 0 saturated carbocycles. The molecule has 0 amide bonds. The highest BCUT2D eigenvalue weighted by Crippen LogP contribution is 2.22. The summed E-state index contributed by atoms with van der Waals surface area (Å²) in [5.41, 5.74) is 0. The number of carbonyl (C=O) groups is 3. The van der Waals surface area contributed by atoms with Crippen LogP contribution in [0.15, 0.2) is 0 Å². The molecule has 0 bridgehead atoms. The fourth-order valence-corrected chi connectivity index (χ4v) is 5.23. The van der Waals surface area contributed by atoms with Crippen molar-refractivity contribution in [3.8, 4) is 0 Å². The fraction of sp³-hybridized carbons (Fsp3) is 0.903. The number of nitrogens with zero attached hydrogens (tertiary/aromatic N) is 2. The van der Waals surface area contributed by atoms with Crippen LogP contribution in [-0.2, 0) is 23.9 Å². The van der Waals surface area contributed by atoms with Gasteiger partial charge in [0.05, 0.1) is 6.42 Å². The first kappa shape index (κ1) is 35.4. The molecule has 0 aromatic heterocycles. The quantitative estimate of drug-likeness (QED) is 0.111. The maximum atomic E-state index is 12.6. The van der Waals surface area contributed by atoms with Gasteiger partial charge in [-0.05, 0) is 59.2 Å². The molecule has 2 unspecified atom stereocenters. The minimum atomic E-state index is -0.874. The average molecular weight is 555 g/mol. The number of unbranched alkanes of at least 4 members (excludes halogenated alkanes) is 10. The molecule has 8 heteroatoms. The van der Waals surface area contributed by atoms with Gasteiger partial charge in [-0.2, -0.15) is 0 Å². The molecule has 1 saturated heterocycles. The molecular formula is C31H58N2O6. The lowest BCUT2D eigenvalue weighted by Gasteiger charge is -2.20. The van der Waals surface area contributed by atoms with Crippen LogP contribution in [0.3, 0.4) is 0 Å². The molecule has 1 N–H and O–H groups in total. The van der Waals surface area contributed by atoms with Gasteiger partial charge in [0.2, 0.25) is 0 Å². The van der Waals surface area contributed by atoms with Crippen LogP contribution in [0.2, 0.25) is 0 Å². The van der Waals surface area contributed by atoms with Gasteiger partial charge in [0.15, 0.2) is 0 Å². The Morgan fingerprint density at radius 2 is 1.41 bits per heavy atom. The monoisotopic (exact) mass is 554 g/mol. The van der Waals surface area contributed by atoms with Gasteiger partial charge in [0.1, 0.15) is 18.2 Å². The van der Waals surface area contributed by atoms with Crippen molar-refractivity contribution in [3.63, 3.8) is 0 Å². The first-order valence-electron chi connectivity index (χ1n) is 15.8. The summed E-state index contributed by atoms with van der Waals surface area (Å²) in [6.45, 7) is 6.12. The van der Waals surface area contributed by atoms with E-state index >= 15 is 0 Å². The Kier molecular flexibility index (Phi) is 20.0. The maximum Gasteiger partial charge on any atom is 0.321 e. The van der Waals surface area contributed by atoms with Gasteiger partial charge in [-0.25, -0.2) is 0 Å². The van der Waals surface area contributed by atoms with Crippen LogP contribution < -0.4 is 0 Å². The van der Waals surface area contributed by atoms with Gasteiger partial charge in [0.25, 0.3) is 0 Å². The van der Waals surface area contributed by atoms with Gasteiger partial charge >= 0.3 is 17.9 Å². The minimum absolute atomic E-state index is 0.0406. The predicted octanol–water partition coefficient (Wildman–Crippen LogP) is 6.20. The second kappa shape index (κ2) is 22.1. The zero-order valence-corrected chi connectivity index (χ0v) is 25.5. The van der Waals surface area contributed by atoms with Crippen LogP contribution in [-0.4, -0.2) is 84.8 Å². The van der Waals surface area contributed by atoms with E-state index in [2.05, 4.69) is 13.8 Å². The fourth-order valence-electron chi connectivity index (χ4n) is 5.23. The highest BCUT2D eigenvalue weighted by Gasteiger charge is 2.38. The Morgan fingerprint density at radius 1 is 0.821 bits per heavy atom. The molecule has 0 aromatic carbocycles. The first-order chi connectivity index (χ1) is 18.8. The van der Waals surface area contributed by atoms with Crippen molar-refractivity contribution < 1.29 is 29.0 Å². The number of likely N-dealkylation sites (tertiary alicyclic amines) is 1. The van der Waals surface area contributed by atoms with Crippen molar-refractivity contribution in [1.29, 1.82) is 0 Å². The van der Waals surface area contributed by atoms with E-state index in [1.54, 1.807) is 0 Å². The molecular weight excluding hydrogens is 496 g/mol. The van der Waals surface area contributed by atoms with Crippen molar-refractivity contribution >= 4 is 17.9 Å². The summed E-state index contributed by atoms with van der Waals surface area (Å²) in [7, 11) is 3.79. The maximum absolute atomic E-state index is 12.6.